The van der Waals surface area contributed by atoms with Gasteiger partial charge in [-0.1, -0.05) is 30.9 Å². The molecule has 0 bridgehead atoms. The Balaban J connectivity index is 0. The van der Waals surface area contributed by atoms with Gasteiger partial charge in [0.2, 0.25) is 0 Å². The van der Waals surface area contributed by atoms with Gasteiger partial charge in [0.05, 0.1) is 0 Å². The fraction of sp³-hybridized carbons (Fsp3) is 0.714. The van der Waals surface area contributed by atoms with Crippen molar-refractivity contribution in [1.29, 1.82) is 0 Å². The summed E-state index contributed by atoms with van der Waals surface area (Å²) >= 11 is 11.1. The van der Waals surface area contributed by atoms with Crippen molar-refractivity contribution < 1.29 is 0 Å². The summed E-state index contributed by atoms with van der Waals surface area (Å²) in [4.78, 5) is 0. The number of rotatable bonds is 1. The summed E-state index contributed by atoms with van der Waals surface area (Å²) < 4.78 is 0. The molecule has 11 heavy (non-hydrogen) atoms. The van der Waals surface area contributed by atoms with E-state index in [4.69, 9.17) is 22.2 Å². The Morgan fingerprint density at radius 2 is 1.55 bits per heavy atom. The summed E-state index contributed by atoms with van der Waals surface area (Å²) in [6.07, 6.45) is 0. The van der Waals surface area contributed by atoms with Crippen molar-refractivity contribution in [2.45, 2.75) is 33.5 Å². The zero-order valence-electron chi connectivity index (χ0n) is 8.04. The molecule has 0 rings (SSSR count). The second kappa shape index (κ2) is 7.41. The minimum Gasteiger partial charge on any atom is -0.171 e. The lowest BCUT2D eigenvalue weighted by molar-refractivity contribution is 1.41. The summed E-state index contributed by atoms with van der Waals surface area (Å²) in [5, 5.41) is 0. The lowest BCUT2D eigenvalue weighted by Crippen LogP contribution is -2.06. The maximum Gasteiger partial charge on any atom is 0.148 e. The maximum absolute atomic E-state index is 5.67. The van der Waals surface area contributed by atoms with E-state index in [1.165, 1.54) is 5.57 Å². The molecule has 0 saturated heterocycles. The predicted molar refractivity (Wildman–Crippen MR) is 63.0 cm³/mol. The SMILES string of the molecule is CC(C)=C[SiH2]Cl.C[Si](C)(C)Cl. The van der Waals surface area contributed by atoms with Gasteiger partial charge in [0.25, 0.3) is 0 Å². The quantitative estimate of drug-likeness (QED) is 0.478. The molecular weight excluding hydrogens is 211 g/mol. The second-order valence-electron chi connectivity index (χ2n) is 3.50. The van der Waals surface area contributed by atoms with Crippen molar-refractivity contribution in [3.05, 3.63) is 11.3 Å². The Hall–Kier alpha value is 0.754. The molecule has 0 unspecified atom stereocenters. The zero-order chi connectivity index (χ0) is 9.49. The monoisotopic (exact) mass is 228 g/mol. The first-order chi connectivity index (χ1) is 4.77. The van der Waals surface area contributed by atoms with E-state index in [2.05, 4.69) is 39.2 Å². The summed E-state index contributed by atoms with van der Waals surface area (Å²) in [6, 6.07) is 0. The van der Waals surface area contributed by atoms with Crippen LogP contribution in [0.2, 0.25) is 19.6 Å². The maximum atomic E-state index is 5.67. The van der Waals surface area contributed by atoms with E-state index in [0.717, 1.165) is 0 Å². The van der Waals surface area contributed by atoms with Crippen LogP contribution in [0.1, 0.15) is 13.8 Å². The number of hydrogen-bond donors (Lipinski definition) is 0. The fourth-order valence-corrected chi connectivity index (χ4v) is 1.39. The van der Waals surface area contributed by atoms with Crippen LogP contribution in [0.5, 0.6) is 0 Å². The first-order valence-corrected chi connectivity index (χ1v) is 11.1. The highest BCUT2D eigenvalue weighted by atomic mass is 35.6. The van der Waals surface area contributed by atoms with Crippen LogP contribution in [0.4, 0.5) is 0 Å². The van der Waals surface area contributed by atoms with Crippen LogP contribution in [0.25, 0.3) is 0 Å². The van der Waals surface area contributed by atoms with Gasteiger partial charge in [0.15, 0.2) is 0 Å². The van der Waals surface area contributed by atoms with Crippen LogP contribution in [0.15, 0.2) is 11.3 Å². The van der Waals surface area contributed by atoms with Crippen molar-refractivity contribution in [3.8, 4) is 0 Å². The molecular formula is C7H18Cl2Si2. The third kappa shape index (κ3) is 58.5. The Morgan fingerprint density at radius 3 is 1.55 bits per heavy atom. The van der Waals surface area contributed by atoms with Crippen molar-refractivity contribution in [3.63, 3.8) is 0 Å². The molecule has 0 saturated carbocycles. The molecule has 0 aromatic carbocycles. The van der Waals surface area contributed by atoms with Gasteiger partial charge in [-0.05, 0) is 13.8 Å². The van der Waals surface area contributed by atoms with Gasteiger partial charge in [-0.3, -0.25) is 0 Å². The third-order valence-electron chi connectivity index (χ3n) is 0.485. The molecule has 68 valence electrons. The highest BCUT2D eigenvalue weighted by molar-refractivity contribution is 7.18. The minimum atomic E-state index is -1.14. The molecule has 0 nitrogen and oxygen atoms in total. The van der Waals surface area contributed by atoms with Crippen molar-refractivity contribution >= 4 is 38.4 Å². The standard InChI is InChI=1S/C4H9ClSi.C3H9ClSi/c1-4(2)3-6-5;1-5(2,3)4/h3H,6H2,1-2H3;1-3H3. The molecule has 0 aromatic heterocycles. The average Bonchev–Trinajstić information content (AvgIpc) is 1.58. The smallest absolute Gasteiger partial charge is 0.148 e. The Morgan fingerprint density at radius 1 is 1.27 bits per heavy atom. The van der Waals surface area contributed by atoms with E-state index in [0.29, 0.717) is 0 Å². The first-order valence-electron chi connectivity index (χ1n) is 3.65. The van der Waals surface area contributed by atoms with Crippen molar-refractivity contribution in [2.75, 3.05) is 0 Å². The molecule has 0 amide bonds. The molecule has 0 aliphatic rings. The first kappa shape index (κ1) is 14.3. The Labute approximate surface area is 83.2 Å². The molecule has 0 atom stereocenters. The van der Waals surface area contributed by atoms with E-state index < -0.39 is 7.38 Å². The predicted octanol–water partition coefficient (Wildman–Crippen LogP) is 3.29. The van der Waals surface area contributed by atoms with Crippen LogP contribution in [-0.4, -0.2) is 16.2 Å². The van der Waals surface area contributed by atoms with Gasteiger partial charge < -0.3 is 0 Å². The molecule has 0 radical (unpaired) electrons. The minimum absolute atomic E-state index is 0.323. The normalized spacial score (nSPS) is 10.8. The van der Waals surface area contributed by atoms with E-state index in [9.17, 15) is 0 Å². The Bertz CT molecular complexity index is 106. The summed E-state index contributed by atoms with van der Waals surface area (Å²) in [5.41, 5.74) is 3.46. The molecule has 0 heterocycles. The topological polar surface area (TPSA) is 0 Å². The van der Waals surface area contributed by atoms with Crippen molar-refractivity contribution in [1.82, 2.24) is 0 Å². The lowest BCUT2D eigenvalue weighted by Gasteiger charge is -1.97. The van der Waals surface area contributed by atoms with E-state index in [1.54, 1.807) is 0 Å². The largest absolute Gasteiger partial charge is 0.171 e. The van der Waals surface area contributed by atoms with Crippen LogP contribution in [0.3, 0.4) is 0 Å². The lowest BCUT2D eigenvalue weighted by atomic mass is 10.4. The van der Waals surface area contributed by atoms with Crippen LogP contribution in [0, 0.1) is 0 Å². The average molecular weight is 229 g/mol. The Kier molecular flexibility index (Phi) is 9.62. The summed E-state index contributed by atoms with van der Waals surface area (Å²) in [7, 11) is -1.46. The summed E-state index contributed by atoms with van der Waals surface area (Å²) in [6.45, 7) is 10.4. The third-order valence-corrected chi connectivity index (χ3v) is 1.92. The zero-order valence-corrected chi connectivity index (χ0v) is 12.0. The van der Waals surface area contributed by atoms with Gasteiger partial charge in [-0.2, -0.15) is 22.2 Å². The molecule has 0 aliphatic heterocycles. The fourth-order valence-electron chi connectivity index (χ4n) is 0.154. The highest BCUT2D eigenvalue weighted by Crippen LogP contribution is 2.03. The second-order valence-corrected chi connectivity index (χ2v) is 12.7. The molecule has 0 N–H and O–H groups in total. The number of hydrogen-bond acceptors (Lipinski definition) is 0. The van der Waals surface area contributed by atoms with E-state index >= 15 is 0 Å². The van der Waals surface area contributed by atoms with Crippen molar-refractivity contribution in [2.24, 2.45) is 0 Å². The van der Waals surface area contributed by atoms with Crippen LogP contribution < -0.4 is 0 Å². The van der Waals surface area contributed by atoms with Gasteiger partial charge >= 0.3 is 0 Å². The van der Waals surface area contributed by atoms with E-state index in [-0.39, 0.29) is 8.83 Å². The number of halogens is 2. The van der Waals surface area contributed by atoms with Gasteiger partial charge in [0.1, 0.15) is 16.2 Å². The van der Waals surface area contributed by atoms with Gasteiger partial charge in [0, 0.05) is 0 Å². The molecule has 0 fully saturated rings. The van der Waals surface area contributed by atoms with Gasteiger partial charge in [-0.25, -0.2) is 0 Å². The summed E-state index contributed by atoms with van der Waals surface area (Å²) in [5.74, 6) is 0. The van der Waals surface area contributed by atoms with Crippen LogP contribution in [-0.2, 0) is 0 Å². The molecule has 0 aliphatic carbocycles. The highest BCUT2D eigenvalue weighted by Gasteiger charge is 2.04. The molecule has 0 spiro atoms. The van der Waals surface area contributed by atoms with Crippen LogP contribution >= 0.6 is 22.2 Å². The number of allylic oxidation sites excluding steroid dienone is 1. The van der Waals surface area contributed by atoms with Gasteiger partial charge in [-0.15, -0.1) is 0 Å². The molecule has 0 aromatic rings. The van der Waals surface area contributed by atoms with E-state index in [1.807, 2.05) is 0 Å². The molecule has 4 heteroatoms.